The van der Waals surface area contributed by atoms with Crippen molar-refractivity contribution >= 4 is 5.69 Å². The van der Waals surface area contributed by atoms with Gasteiger partial charge in [-0.15, -0.1) is 0 Å². The number of nitrogens with zero attached hydrogens (tertiary/aromatic N) is 2. The van der Waals surface area contributed by atoms with Gasteiger partial charge in [-0.05, 0) is 50.8 Å². The van der Waals surface area contributed by atoms with Crippen molar-refractivity contribution in [1.82, 2.24) is 4.90 Å². The lowest BCUT2D eigenvalue weighted by Crippen LogP contribution is -2.23. The van der Waals surface area contributed by atoms with Crippen molar-refractivity contribution in [3.8, 4) is 0 Å². The molecule has 26 heavy (non-hydrogen) atoms. The number of rotatable bonds is 1. The van der Waals surface area contributed by atoms with Gasteiger partial charge in [0.15, 0.2) is 0 Å². The number of likely N-dealkylation sites (N-methyl/N-ethyl adjacent to an activating group) is 1. The summed E-state index contributed by atoms with van der Waals surface area (Å²) in [4.78, 5) is 4.68. The van der Waals surface area contributed by atoms with Gasteiger partial charge in [0.25, 0.3) is 0 Å². The highest BCUT2D eigenvalue weighted by atomic mass is 15.2. The third-order valence-electron chi connectivity index (χ3n) is 5.42. The van der Waals surface area contributed by atoms with Crippen molar-refractivity contribution in [1.29, 1.82) is 0 Å². The Labute approximate surface area is 156 Å². The first-order valence-corrected chi connectivity index (χ1v) is 9.42. The van der Waals surface area contributed by atoms with Crippen molar-refractivity contribution < 1.29 is 0 Å². The van der Waals surface area contributed by atoms with Gasteiger partial charge in [0.05, 0.1) is 0 Å². The van der Waals surface area contributed by atoms with Crippen molar-refractivity contribution in [3.63, 3.8) is 0 Å². The lowest BCUT2D eigenvalue weighted by atomic mass is 9.90. The van der Waals surface area contributed by atoms with Gasteiger partial charge in [-0.2, -0.15) is 0 Å². The van der Waals surface area contributed by atoms with E-state index in [4.69, 9.17) is 0 Å². The molecular formula is C24H26N2. The number of fused-ring (bicyclic) bond motifs is 1. The maximum atomic E-state index is 4.35. The number of para-hydroxylation sites is 1. The summed E-state index contributed by atoms with van der Waals surface area (Å²) in [5.41, 5.74) is 8.90. The molecule has 1 aromatic carbocycles. The van der Waals surface area contributed by atoms with Gasteiger partial charge in [-0.1, -0.05) is 49.1 Å². The molecule has 132 valence electrons. The van der Waals surface area contributed by atoms with Gasteiger partial charge in [0.1, 0.15) is 0 Å². The van der Waals surface area contributed by atoms with E-state index in [9.17, 15) is 0 Å². The van der Waals surface area contributed by atoms with Crippen LogP contribution in [0.2, 0.25) is 0 Å². The highest BCUT2D eigenvalue weighted by molar-refractivity contribution is 5.66. The predicted octanol–water partition coefficient (Wildman–Crippen LogP) is 6.06. The Bertz CT molecular complexity index is 878. The second-order valence-electron chi connectivity index (χ2n) is 7.11. The van der Waals surface area contributed by atoms with Crippen molar-refractivity contribution in [2.75, 3.05) is 11.9 Å². The van der Waals surface area contributed by atoms with Crippen molar-refractivity contribution in [2.45, 2.75) is 32.6 Å². The van der Waals surface area contributed by atoms with Gasteiger partial charge in [0.2, 0.25) is 0 Å². The van der Waals surface area contributed by atoms with Gasteiger partial charge < -0.3 is 9.80 Å². The van der Waals surface area contributed by atoms with Crippen LogP contribution >= 0.6 is 0 Å². The molecule has 0 unspecified atom stereocenters. The Hall–Kier alpha value is -2.74. The van der Waals surface area contributed by atoms with Crippen LogP contribution in [0.25, 0.3) is 0 Å². The zero-order chi connectivity index (χ0) is 18.1. The van der Waals surface area contributed by atoms with E-state index in [1.54, 1.807) is 0 Å². The fraction of sp³-hybridized carbons (Fsp3) is 0.250. The summed E-state index contributed by atoms with van der Waals surface area (Å²) in [6, 6.07) is 10.7. The third kappa shape index (κ3) is 2.86. The number of hydrogen-bond donors (Lipinski definition) is 0. The second kappa shape index (κ2) is 6.87. The average molecular weight is 342 g/mol. The number of hydrogen-bond acceptors (Lipinski definition) is 2. The normalized spacial score (nSPS) is 22.4. The summed E-state index contributed by atoms with van der Waals surface area (Å²) in [5.74, 6) is 0. The van der Waals surface area contributed by atoms with Gasteiger partial charge in [-0.25, -0.2) is 0 Å². The van der Waals surface area contributed by atoms with Crippen LogP contribution < -0.4 is 4.90 Å². The molecule has 4 rings (SSSR count). The van der Waals surface area contributed by atoms with Crippen LogP contribution in [0.15, 0.2) is 101 Å². The molecule has 2 nitrogen and oxygen atoms in total. The minimum Gasteiger partial charge on any atom is -0.348 e. The van der Waals surface area contributed by atoms with Crippen LogP contribution in [0, 0.1) is 0 Å². The SMILES string of the molecule is C=C1/C=C(\C)N(c2ccccc2)C2=C(C=CCC2)C2=C(CCC=C2)N1C. The molecule has 0 aromatic heterocycles. The van der Waals surface area contributed by atoms with Gasteiger partial charge in [0, 0.05) is 46.7 Å². The van der Waals surface area contributed by atoms with Crippen LogP contribution in [0.5, 0.6) is 0 Å². The van der Waals surface area contributed by atoms with E-state index in [1.165, 1.54) is 33.9 Å². The molecule has 1 aromatic rings. The molecule has 2 aliphatic carbocycles. The Morgan fingerprint density at radius 1 is 0.885 bits per heavy atom. The molecule has 0 amide bonds. The largest absolute Gasteiger partial charge is 0.348 e. The van der Waals surface area contributed by atoms with E-state index >= 15 is 0 Å². The topological polar surface area (TPSA) is 6.48 Å². The fourth-order valence-electron chi connectivity index (χ4n) is 4.10. The number of allylic oxidation sites excluding steroid dienone is 10. The van der Waals surface area contributed by atoms with E-state index in [0.717, 1.165) is 31.4 Å². The quantitative estimate of drug-likeness (QED) is 0.611. The zero-order valence-corrected chi connectivity index (χ0v) is 15.7. The first-order valence-electron chi connectivity index (χ1n) is 9.42. The lowest BCUT2D eigenvalue weighted by molar-refractivity contribution is 0.504. The maximum absolute atomic E-state index is 4.35. The summed E-state index contributed by atoms with van der Waals surface area (Å²) in [5, 5.41) is 0. The molecule has 0 atom stereocenters. The van der Waals surface area contributed by atoms with Gasteiger partial charge >= 0.3 is 0 Å². The van der Waals surface area contributed by atoms with Crippen molar-refractivity contribution in [3.05, 3.63) is 101 Å². The third-order valence-corrected chi connectivity index (χ3v) is 5.42. The van der Waals surface area contributed by atoms with Crippen LogP contribution in [-0.4, -0.2) is 11.9 Å². The first kappa shape index (κ1) is 16.7. The van der Waals surface area contributed by atoms with E-state index in [2.05, 4.69) is 91.1 Å². The summed E-state index contributed by atoms with van der Waals surface area (Å²) in [7, 11) is 2.14. The fourth-order valence-corrected chi connectivity index (χ4v) is 4.10. The highest BCUT2D eigenvalue weighted by Gasteiger charge is 2.26. The second-order valence-corrected chi connectivity index (χ2v) is 7.11. The van der Waals surface area contributed by atoms with Crippen molar-refractivity contribution in [2.24, 2.45) is 0 Å². The average Bonchev–Trinajstić information content (AvgIpc) is 2.71. The summed E-state index contributed by atoms with van der Waals surface area (Å²) in [6.45, 7) is 6.54. The molecule has 0 saturated carbocycles. The monoisotopic (exact) mass is 342 g/mol. The van der Waals surface area contributed by atoms with E-state index < -0.39 is 0 Å². The van der Waals surface area contributed by atoms with E-state index in [0.29, 0.717) is 0 Å². The summed E-state index contributed by atoms with van der Waals surface area (Å²) >= 11 is 0. The minimum atomic E-state index is 1.04. The molecule has 0 spiro atoms. The Morgan fingerprint density at radius 2 is 1.50 bits per heavy atom. The van der Waals surface area contributed by atoms with Gasteiger partial charge in [-0.3, -0.25) is 0 Å². The standard InChI is InChI=1S/C24H26N2/c1-18-17-19(2)26(20-11-5-4-6-12-20)24-16-10-8-14-22(24)21-13-7-9-15-23(21)25(18)3/h4-8,11-14,17H,1,9-10,15-16H2,2-3H3/b19-17+. The molecule has 0 radical (unpaired) electrons. The van der Waals surface area contributed by atoms with Crippen LogP contribution in [0.1, 0.15) is 32.6 Å². The molecule has 1 aliphatic heterocycles. The Balaban J connectivity index is 2.00. The molecule has 0 saturated heterocycles. The molecule has 1 heterocycles. The Morgan fingerprint density at radius 3 is 2.19 bits per heavy atom. The van der Waals surface area contributed by atoms with Crippen LogP contribution in [-0.2, 0) is 0 Å². The Kier molecular flexibility index (Phi) is 4.42. The first-order chi connectivity index (χ1) is 12.7. The number of anilines is 1. The summed E-state index contributed by atoms with van der Waals surface area (Å²) in [6.07, 6.45) is 15.7. The zero-order valence-electron chi connectivity index (χ0n) is 15.7. The smallest absolute Gasteiger partial charge is 0.0455 e. The highest BCUT2D eigenvalue weighted by Crippen LogP contribution is 2.39. The van der Waals surface area contributed by atoms with E-state index in [-0.39, 0.29) is 0 Å². The molecule has 3 aliphatic rings. The van der Waals surface area contributed by atoms with E-state index in [1.807, 2.05) is 0 Å². The molecule has 0 N–H and O–H groups in total. The lowest BCUT2D eigenvalue weighted by Gasteiger charge is -2.32. The predicted molar refractivity (Wildman–Crippen MR) is 110 cm³/mol. The molecule has 0 bridgehead atoms. The molecule has 2 heteroatoms. The maximum Gasteiger partial charge on any atom is 0.0455 e. The number of benzene rings is 1. The van der Waals surface area contributed by atoms with Crippen LogP contribution in [0.4, 0.5) is 5.69 Å². The molecule has 0 fully saturated rings. The minimum absolute atomic E-state index is 1.04. The summed E-state index contributed by atoms with van der Waals surface area (Å²) < 4.78 is 0. The molecular weight excluding hydrogens is 316 g/mol. The van der Waals surface area contributed by atoms with Crippen LogP contribution in [0.3, 0.4) is 0 Å².